The summed E-state index contributed by atoms with van der Waals surface area (Å²) in [5, 5.41) is 11.4. The zero-order chi connectivity index (χ0) is 19.5. The Kier molecular flexibility index (Phi) is 5.70. The van der Waals surface area contributed by atoms with Crippen molar-refractivity contribution in [2.75, 3.05) is 32.1 Å². The summed E-state index contributed by atoms with van der Waals surface area (Å²) >= 11 is 0. The molecule has 0 unspecified atom stereocenters. The number of aliphatic hydroxyl groups excluding tert-OH is 1. The van der Waals surface area contributed by atoms with Gasteiger partial charge in [-0.3, -0.25) is 4.79 Å². The second-order valence-corrected chi connectivity index (χ2v) is 5.14. The lowest BCUT2D eigenvalue weighted by atomic mass is 10.2. The van der Waals surface area contributed by atoms with Crippen LogP contribution in [0, 0.1) is 5.82 Å². The van der Waals surface area contributed by atoms with Crippen LogP contribution in [0.5, 0.6) is 5.75 Å². The van der Waals surface area contributed by atoms with E-state index >= 15 is 0 Å². The van der Waals surface area contributed by atoms with Gasteiger partial charge in [-0.15, -0.1) is 13.2 Å². The normalized spacial score (nSPS) is 14.7. The number of β-amino-alcohol motifs (C(OH)–C–C–N with tert-alkyl or cyclic N) is 1. The van der Waals surface area contributed by atoms with Crippen molar-refractivity contribution in [3.05, 3.63) is 35.3 Å². The summed E-state index contributed by atoms with van der Waals surface area (Å²) in [5.74, 6) is -3.42. The van der Waals surface area contributed by atoms with E-state index in [0.717, 1.165) is 24.1 Å². The maximum absolute atomic E-state index is 13.6. The molecule has 1 aliphatic rings. The van der Waals surface area contributed by atoms with Crippen LogP contribution in [0.15, 0.2) is 29.5 Å². The number of nitrogens with one attached hydrogen (secondary N) is 1. The molecule has 0 atom stereocenters. The maximum Gasteiger partial charge on any atom is 0.573 e. The minimum atomic E-state index is -5.03. The minimum Gasteiger partial charge on any atom is -0.466 e. The summed E-state index contributed by atoms with van der Waals surface area (Å²) in [7, 11) is 1.09. The molecule has 2 N–H and O–H groups in total. The highest BCUT2D eigenvalue weighted by atomic mass is 19.4. The smallest absolute Gasteiger partial charge is 0.466 e. The highest BCUT2D eigenvalue weighted by molar-refractivity contribution is 6.08. The highest BCUT2D eigenvalue weighted by Crippen LogP contribution is 2.29. The van der Waals surface area contributed by atoms with Crippen LogP contribution in [0.4, 0.5) is 23.2 Å². The van der Waals surface area contributed by atoms with Gasteiger partial charge in [0.1, 0.15) is 17.3 Å². The molecule has 0 fully saturated rings. The van der Waals surface area contributed by atoms with E-state index < -0.39 is 29.8 Å². The Balaban J connectivity index is 2.34. The number of anilines is 1. The lowest BCUT2D eigenvalue weighted by molar-refractivity contribution is -0.274. The van der Waals surface area contributed by atoms with E-state index in [1.807, 2.05) is 0 Å². The fraction of sp³-hybridized carbons (Fsp3) is 0.333. The SMILES string of the molecule is COC(=O)C1=C(Nc2cc(F)cc(OC(F)(F)F)c2)C(=O)N(CCO)C1. The number of carbonyl (C=O) groups is 2. The van der Waals surface area contributed by atoms with Crippen molar-refractivity contribution >= 4 is 17.6 Å². The van der Waals surface area contributed by atoms with Gasteiger partial charge in [-0.1, -0.05) is 0 Å². The van der Waals surface area contributed by atoms with E-state index in [2.05, 4.69) is 14.8 Å². The summed E-state index contributed by atoms with van der Waals surface area (Å²) in [6.45, 7) is -0.608. The Morgan fingerprint density at radius 2 is 2.04 bits per heavy atom. The molecule has 2 rings (SSSR count). The number of hydrogen-bond donors (Lipinski definition) is 2. The Labute approximate surface area is 144 Å². The van der Waals surface area contributed by atoms with E-state index in [4.69, 9.17) is 5.11 Å². The number of halogens is 4. The molecule has 0 saturated heterocycles. The van der Waals surface area contributed by atoms with Gasteiger partial charge in [-0.2, -0.15) is 0 Å². The zero-order valence-electron chi connectivity index (χ0n) is 13.4. The standard InChI is InChI=1S/C15H14F4N2O5/c1-25-14(24)11-7-21(2-3-22)13(23)12(11)20-9-4-8(16)5-10(6-9)26-15(17,18)19/h4-6,20,22H,2-3,7H2,1H3. The van der Waals surface area contributed by atoms with Crippen LogP contribution in [0.1, 0.15) is 0 Å². The monoisotopic (exact) mass is 378 g/mol. The summed E-state index contributed by atoms with van der Waals surface area (Å²) < 4.78 is 58.7. The van der Waals surface area contributed by atoms with Crippen molar-refractivity contribution in [2.24, 2.45) is 0 Å². The van der Waals surface area contributed by atoms with Crippen molar-refractivity contribution in [1.29, 1.82) is 0 Å². The zero-order valence-corrected chi connectivity index (χ0v) is 13.4. The van der Waals surface area contributed by atoms with Gasteiger partial charge in [-0.05, 0) is 6.07 Å². The lowest BCUT2D eigenvalue weighted by Crippen LogP contribution is -2.31. The van der Waals surface area contributed by atoms with Crippen LogP contribution >= 0.6 is 0 Å². The van der Waals surface area contributed by atoms with Gasteiger partial charge in [0.05, 0.1) is 25.8 Å². The van der Waals surface area contributed by atoms with Crippen molar-refractivity contribution in [2.45, 2.75) is 6.36 Å². The summed E-state index contributed by atoms with van der Waals surface area (Å²) in [6, 6.07) is 2.16. The van der Waals surface area contributed by atoms with Crippen LogP contribution in [0.25, 0.3) is 0 Å². The average molecular weight is 378 g/mol. The molecule has 1 aromatic carbocycles. The van der Waals surface area contributed by atoms with E-state index in [9.17, 15) is 27.2 Å². The van der Waals surface area contributed by atoms with Crippen LogP contribution in [0.2, 0.25) is 0 Å². The molecule has 7 nitrogen and oxygen atoms in total. The van der Waals surface area contributed by atoms with E-state index in [1.54, 1.807) is 0 Å². The fourth-order valence-electron chi connectivity index (χ4n) is 2.32. The molecule has 0 bridgehead atoms. The Morgan fingerprint density at radius 3 is 2.62 bits per heavy atom. The summed E-state index contributed by atoms with van der Waals surface area (Å²) in [5.41, 5.74) is -0.623. The molecule has 0 aliphatic carbocycles. The third kappa shape index (κ3) is 4.63. The van der Waals surface area contributed by atoms with Crippen LogP contribution in [-0.4, -0.2) is 55.1 Å². The molecule has 11 heteroatoms. The first-order chi connectivity index (χ1) is 12.1. The van der Waals surface area contributed by atoms with E-state index in [1.165, 1.54) is 0 Å². The van der Waals surface area contributed by atoms with Crippen molar-refractivity contribution in [3.8, 4) is 5.75 Å². The summed E-state index contributed by atoms with van der Waals surface area (Å²) in [4.78, 5) is 25.3. The average Bonchev–Trinajstić information content (AvgIpc) is 2.82. The molecule has 1 aromatic rings. The molecular weight excluding hydrogens is 364 g/mol. The predicted octanol–water partition coefficient (Wildman–Crippen LogP) is 1.40. The van der Waals surface area contributed by atoms with Gasteiger partial charge >= 0.3 is 12.3 Å². The Hall–Kier alpha value is -2.82. The van der Waals surface area contributed by atoms with Gasteiger partial charge in [-0.25, -0.2) is 9.18 Å². The van der Waals surface area contributed by atoms with Crippen LogP contribution in [0.3, 0.4) is 0 Å². The third-order valence-corrected chi connectivity index (χ3v) is 3.33. The van der Waals surface area contributed by atoms with Crippen molar-refractivity contribution < 1.29 is 41.7 Å². The van der Waals surface area contributed by atoms with Crippen LogP contribution in [-0.2, 0) is 14.3 Å². The quantitative estimate of drug-likeness (QED) is 0.575. The fourth-order valence-corrected chi connectivity index (χ4v) is 2.32. The van der Waals surface area contributed by atoms with Gasteiger partial charge in [0, 0.05) is 24.4 Å². The molecule has 26 heavy (non-hydrogen) atoms. The van der Waals surface area contributed by atoms with Gasteiger partial charge < -0.3 is 24.8 Å². The summed E-state index contributed by atoms with van der Waals surface area (Å²) in [6.07, 6.45) is -5.03. The van der Waals surface area contributed by atoms with Crippen LogP contribution < -0.4 is 10.1 Å². The molecule has 0 saturated carbocycles. The first-order valence-electron chi connectivity index (χ1n) is 7.19. The number of alkyl halides is 3. The first kappa shape index (κ1) is 19.5. The van der Waals surface area contributed by atoms with E-state index in [0.29, 0.717) is 6.07 Å². The number of nitrogens with zero attached hydrogens (tertiary/aromatic N) is 1. The topological polar surface area (TPSA) is 88.1 Å². The molecule has 0 aromatic heterocycles. The van der Waals surface area contributed by atoms with Gasteiger partial charge in [0.15, 0.2) is 0 Å². The lowest BCUT2D eigenvalue weighted by Gasteiger charge is -2.15. The number of rotatable bonds is 6. The van der Waals surface area contributed by atoms with Crippen molar-refractivity contribution in [1.82, 2.24) is 4.90 Å². The first-order valence-corrected chi connectivity index (χ1v) is 7.19. The largest absolute Gasteiger partial charge is 0.573 e. The third-order valence-electron chi connectivity index (χ3n) is 3.33. The number of benzene rings is 1. The number of amides is 1. The molecule has 142 valence electrons. The maximum atomic E-state index is 13.6. The minimum absolute atomic E-state index is 0.0733. The highest BCUT2D eigenvalue weighted by Gasteiger charge is 2.35. The Morgan fingerprint density at radius 1 is 1.35 bits per heavy atom. The molecule has 1 heterocycles. The number of carbonyl (C=O) groups excluding carboxylic acids is 2. The van der Waals surface area contributed by atoms with Gasteiger partial charge in [0.25, 0.3) is 5.91 Å². The second-order valence-electron chi connectivity index (χ2n) is 5.14. The number of esters is 1. The molecule has 0 radical (unpaired) electrons. The molecule has 1 amide bonds. The number of ether oxygens (including phenoxy) is 2. The number of aliphatic hydroxyl groups is 1. The van der Waals surface area contributed by atoms with E-state index in [-0.39, 0.29) is 36.7 Å². The Bertz CT molecular complexity index is 748. The predicted molar refractivity (Wildman–Crippen MR) is 79.4 cm³/mol. The number of methoxy groups -OCH3 is 1. The van der Waals surface area contributed by atoms with Gasteiger partial charge in [0.2, 0.25) is 0 Å². The molecule has 1 aliphatic heterocycles. The van der Waals surface area contributed by atoms with Crippen molar-refractivity contribution in [3.63, 3.8) is 0 Å². The molecule has 0 spiro atoms. The number of hydrogen-bond acceptors (Lipinski definition) is 6. The molecular formula is C15H14F4N2O5. The second kappa shape index (κ2) is 7.60.